The minimum absolute atomic E-state index is 0.189. The van der Waals surface area contributed by atoms with Crippen molar-refractivity contribution in [3.05, 3.63) is 0 Å². The lowest BCUT2D eigenvalue weighted by Crippen LogP contribution is -2.34. The van der Waals surface area contributed by atoms with Crippen molar-refractivity contribution in [2.75, 3.05) is 6.54 Å². The Bertz CT molecular complexity index is 195. The fourth-order valence-electron chi connectivity index (χ4n) is 1.55. The number of aliphatic hydroxyl groups is 1. The molecular weight excluding hydrogens is 206 g/mol. The van der Waals surface area contributed by atoms with Gasteiger partial charge in [0, 0.05) is 12.6 Å². The Morgan fingerprint density at radius 2 is 1.88 bits per heavy atom. The first-order chi connectivity index (χ1) is 7.41. The zero-order valence-corrected chi connectivity index (χ0v) is 10.6. The van der Waals surface area contributed by atoms with Crippen molar-refractivity contribution in [3.8, 4) is 0 Å². The molecule has 0 saturated heterocycles. The van der Waals surface area contributed by atoms with Gasteiger partial charge in [0.05, 0.1) is 12.5 Å². The summed E-state index contributed by atoms with van der Waals surface area (Å²) in [5.74, 6) is -0.230. The standard InChI is InChI=1S/C12H25NO3/c1-9(2)5-4-6-10(3)13-8-11(14)7-12(15)16/h9-11,13-14H,4-8H2,1-3H3,(H,15,16). The van der Waals surface area contributed by atoms with Gasteiger partial charge in [0.2, 0.25) is 0 Å². The lowest BCUT2D eigenvalue weighted by Gasteiger charge is -2.16. The molecule has 0 fully saturated rings. The van der Waals surface area contributed by atoms with Gasteiger partial charge in [0.15, 0.2) is 0 Å². The Kier molecular flexibility index (Phi) is 8.21. The van der Waals surface area contributed by atoms with Crippen LogP contribution in [0.2, 0.25) is 0 Å². The van der Waals surface area contributed by atoms with Crippen LogP contribution in [0.4, 0.5) is 0 Å². The number of hydrogen-bond donors (Lipinski definition) is 3. The summed E-state index contributed by atoms with van der Waals surface area (Å²) in [6.07, 6.45) is 2.47. The van der Waals surface area contributed by atoms with Crippen LogP contribution < -0.4 is 5.32 Å². The number of carboxylic acid groups (broad SMARTS) is 1. The minimum atomic E-state index is -0.957. The van der Waals surface area contributed by atoms with Gasteiger partial charge >= 0.3 is 5.97 Å². The first-order valence-corrected chi connectivity index (χ1v) is 6.05. The van der Waals surface area contributed by atoms with E-state index in [1.165, 1.54) is 12.8 Å². The maximum Gasteiger partial charge on any atom is 0.306 e. The van der Waals surface area contributed by atoms with E-state index in [0.29, 0.717) is 12.6 Å². The van der Waals surface area contributed by atoms with Crippen LogP contribution in [0.25, 0.3) is 0 Å². The molecule has 0 amide bonds. The van der Waals surface area contributed by atoms with E-state index in [0.717, 1.165) is 12.3 Å². The minimum Gasteiger partial charge on any atom is -0.481 e. The van der Waals surface area contributed by atoms with Crippen molar-refractivity contribution in [2.45, 2.75) is 58.6 Å². The molecule has 16 heavy (non-hydrogen) atoms. The predicted molar refractivity (Wildman–Crippen MR) is 64.4 cm³/mol. The molecule has 0 heterocycles. The average molecular weight is 231 g/mol. The summed E-state index contributed by atoms with van der Waals surface area (Å²) in [6, 6.07) is 0.335. The fraction of sp³-hybridized carbons (Fsp3) is 0.917. The summed E-state index contributed by atoms with van der Waals surface area (Å²) in [6.45, 7) is 6.83. The van der Waals surface area contributed by atoms with E-state index in [4.69, 9.17) is 5.11 Å². The molecule has 2 unspecified atom stereocenters. The molecule has 2 atom stereocenters. The van der Waals surface area contributed by atoms with E-state index < -0.39 is 12.1 Å². The molecule has 0 rings (SSSR count). The molecule has 4 nitrogen and oxygen atoms in total. The predicted octanol–water partition coefficient (Wildman–Crippen LogP) is 1.63. The number of carbonyl (C=O) groups is 1. The van der Waals surface area contributed by atoms with Crippen molar-refractivity contribution in [1.29, 1.82) is 0 Å². The monoisotopic (exact) mass is 231 g/mol. The van der Waals surface area contributed by atoms with E-state index in [-0.39, 0.29) is 6.42 Å². The number of nitrogens with one attached hydrogen (secondary N) is 1. The SMILES string of the molecule is CC(C)CCCC(C)NCC(O)CC(=O)O. The fourth-order valence-corrected chi connectivity index (χ4v) is 1.55. The molecule has 0 aliphatic carbocycles. The first kappa shape index (κ1) is 15.4. The van der Waals surface area contributed by atoms with Crippen molar-refractivity contribution >= 4 is 5.97 Å². The highest BCUT2D eigenvalue weighted by Gasteiger charge is 2.10. The third kappa shape index (κ3) is 9.93. The van der Waals surface area contributed by atoms with Gasteiger partial charge in [0.1, 0.15) is 0 Å². The Morgan fingerprint density at radius 3 is 2.38 bits per heavy atom. The second kappa shape index (κ2) is 8.53. The summed E-state index contributed by atoms with van der Waals surface area (Å²) in [5, 5.41) is 21.0. The lowest BCUT2D eigenvalue weighted by atomic mass is 10.0. The molecule has 0 saturated carbocycles. The maximum atomic E-state index is 10.3. The third-order valence-electron chi connectivity index (χ3n) is 2.53. The van der Waals surface area contributed by atoms with E-state index in [9.17, 15) is 9.90 Å². The first-order valence-electron chi connectivity index (χ1n) is 6.05. The van der Waals surface area contributed by atoms with Gasteiger partial charge in [-0.1, -0.05) is 26.7 Å². The van der Waals surface area contributed by atoms with Crippen LogP contribution in [0, 0.1) is 5.92 Å². The van der Waals surface area contributed by atoms with Gasteiger partial charge < -0.3 is 15.5 Å². The average Bonchev–Trinajstić information content (AvgIpc) is 2.13. The largest absolute Gasteiger partial charge is 0.481 e. The van der Waals surface area contributed by atoms with Gasteiger partial charge in [-0.3, -0.25) is 4.79 Å². The molecule has 3 N–H and O–H groups in total. The molecule has 0 aliphatic heterocycles. The zero-order valence-electron chi connectivity index (χ0n) is 10.6. The van der Waals surface area contributed by atoms with Crippen molar-refractivity contribution in [3.63, 3.8) is 0 Å². The highest BCUT2D eigenvalue weighted by Crippen LogP contribution is 2.08. The lowest BCUT2D eigenvalue weighted by molar-refractivity contribution is -0.139. The second-order valence-electron chi connectivity index (χ2n) is 4.89. The van der Waals surface area contributed by atoms with Crippen LogP contribution in [-0.2, 0) is 4.79 Å². The summed E-state index contributed by atoms with van der Waals surface area (Å²) in [4.78, 5) is 10.3. The Labute approximate surface area is 98.1 Å². The zero-order chi connectivity index (χ0) is 12.6. The van der Waals surface area contributed by atoms with Crippen LogP contribution in [0.1, 0.15) is 46.5 Å². The molecule has 0 bridgehead atoms. The molecule has 96 valence electrons. The van der Waals surface area contributed by atoms with E-state index in [2.05, 4.69) is 26.1 Å². The molecule has 0 aromatic carbocycles. The highest BCUT2D eigenvalue weighted by molar-refractivity contribution is 5.67. The van der Waals surface area contributed by atoms with E-state index in [1.807, 2.05) is 0 Å². The smallest absolute Gasteiger partial charge is 0.306 e. The number of aliphatic carboxylic acids is 1. The van der Waals surface area contributed by atoms with Crippen LogP contribution in [0.15, 0.2) is 0 Å². The van der Waals surface area contributed by atoms with E-state index >= 15 is 0 Å². The Hall–Kier alpha value is -0.610. The van der Waals surface area contributed by atoms with Crippen LogP contribution in [-0.4, -0.2) is 34.9 Å². The van der Waals surface area contributed by atoms with Gasteiger partial charge in [-0.2, -0.15) is 0 Å². The van der Waals surface area contributed by atoms with Crippen molar-refractivity contribution < 1.29 is 15.0 Å². The summed E-state index contributed by atoms with van der Waals surface area (Å²) < 4.78 is 0. The topological polar surface area (TPSA) is 69.6 Å². The highest BCUT2D eigenvalue weighted by atomic mass is 16.4. The summed E-state index contributed by atoms with van der Waals surface area (Å²) >= 11 is 0. The molecule has 0 aliphatic rings. The van der Waals surface area contributed by atoms with Gasteiger partial charge in [-0.05, 0) is 19.3 Å². The van der Waals surface area contributed by atoms with Crippen LogP contribution in [0.5, 0.6) is 0 Å². The van der Waals surface area contributed by atoms with Crippen molar-refractivity contribution in [1.82, 2.24) is 5.32 Å². The Balaban J connectivity index is 3.49. The number of carboxylic acids is 1. The van der Waals surface area contributed by atoms with Crippen molar-refractivity contribution in [2.24, 2.45) is 5.92 Å². The van der Waals surface area contributed by atoms with Gasteiger partial charge in [-0.25, -0.2) is 0 Å². The van der Waals surface area contributed by atoms with Gasteiger partial charge in [-0.15, -0.1) is 0 Å². The Morgan fingerprint density at radius 1 is 1.25 bits per heavy atom. The van der Waals surface area contributed by atoms with Gasteiger partial charge in [0.25, 0.3) is 0 Å². The summed E-state index contributed by atoms with van der Waals surface area (Å²) in [5.41, 5.74) is 0. The molecule has 0 aromatic rings. The normalized spacial score (nSPS) is 15.1. The van der Waals surface area contributed by atoms with Crippen LogP contribution in [0.3, 0.4) is 0 Å². The summed E-state index contributed by atoms with van der Waals surface area (Å²) in [7, 11) is 0. The molecule has 0 aromatic heterocycles. The van der Waals surface area contributed by atoms with Crippen LogP contribution >= 0.6 is 0 Å². The molecular formula is C12H25NO3. The molecule has 0 radical (unpaired) electrons. The molecule has 0 spiro atoms. The second-order valence-corrected chi connectivity index (χ2v) is 4.89. The van der Waals surface area contributed by atoms with E-state index in [1.54, 1.807) is 0 Å². The molecule has 4 heteroatoms. The third-order valence-corrected chi connectivity index (χ3v) is 2.53. The number of aliphatic hydroxyl groups excluding tert-OH is 1. The number of hydrogen-bond acceptors (Lipinski definition) is 3. The quantitative estimate of drug-likeness (QED) is 0.564. The maximum absolute atomic E-state index is 10.3. The number of rotatable bonds is 9.